The van der Waals surface area contributed by atoms with Gasteiger partial charge in [-0.05, 0) is 69.3 Å². The second-order valence-corrected chi connectivity index (χ2v) is 10.3. The number of amides is 1. The molecule has 2 N–H and O–H groups in total. The van der Waals surface area contributed by atoms with Crippen LogP contribution in [0.2, 0.25) is 0 Å². The quantitative estimate of drug-likeness (QED) is 0.292. The summed E-state index contributed by atoms with van der Waals surface area (Å²) in [5.41, 5.74) is 1.57. The number of carbonyl (C=O) groups is 2. The second kappa shape index (κ2) is 11.3. The standard InChI is InChI=1S/C29H38N2O6/c1-8-36-22-13-11-19(16-20(22)29(3,4)5)26(33)24-25(18-10-12-21(32)23(17-18)37-9-2)31(15-14-30(6)7)28(35)27(24)34/h10-13,16-17,25,32-33H,8-9,14-15H2,1-7H3/b26-24+. The van der Waals surface area contributed by atoms with E-state index in [9.17, 15) is 19.8 Å². The Kier molecular flexibility index (Phi) is 8.53. The van der Waals surface area contributed by atoms with Crippen molar-refractivity contribution in [2.24, 2.45) is 0 Å². The van der Waals surface area contributed by atoms with E-state index in [0.29, 0.717) is 36.6 Å². The topological polar surface area (TPSA) is 99.5 Å². The first-order valence-electron chi connectivity index (χ1n) is 12.6. The van der Waals surface area contributed by atoms with Gasteiger partial charge in [-0.3, -0.25) is 9.59 Å². The number of carbonyl (C=O) groups excluding carboxylic acids is 2. The lowest BCUT2D eigenvalue weighted by Gasteiger charge is -2.27. The lowest BCUT2D eigenvalue weighted by Crippen LogP contribution is -2.35. The van der Waals surface area contributed by atoms with Crippen molar-refractivity contribution in [1.29, 1.82) is 0 Å². The van der Waals surface area contributed by atoms with Gasteiger partial charge in [0.2, 0.25) is 0 Å². The summed E-state index contributed by atoms with van der Waals surface area (Å²) >= 11 is 0. The largest absolute Gasteiger partial charge is 0.507 e. The lowest BCUT2D eigenvalue weighted by atomic mass is 9.84. The number of nitrogens with zero attached hydrogens (tertiary/aromatic N) is 2. The maximum Gasteiger partial charge on any atom is 0.295 e. The Morgan fingerprint density at radius 2 is 1.65 bits per heavy atom. The smallest absolute Gasteiger partial charge is 0.295 e. The summed E-state index contributed by atoms with van der Waals surface area (Å²) in [4.78, 5) is 29.9. The van der Waals surface area contributed by atoms with Crippen molar-refractivity contribution in [3.8, 4) is 17.2 Å². The third kappa shape index (κ3) is 5.91. The summed E-state index contributed by atoms with van der Waals surface area (Å²) in [6.07, 6.45) is 0. The summed E-state index contributed by atoms with van der Waals surface area (Å²) < 4.78 is 11.4. The first-order valence-corrected chi connectivity index (χ1v) is 12.6. The molecule has 1 atom stereocenters. The fraction of sp³-hybridized carbons (Fsp3) is 0.448. The second-order valence-electron chi connectivity index (χ2n) is 10.3. The molecule has 1 aliphatic heterocycles. The molecule has 200 valence electrons. The average molecular weight is 511 g/mol. The van der Waals surface area contributed by atoms with Crippen LogP contribution in [0.15, 0.2) is 42.0 Å². The molecule has 0 spiro atoms. The van der Waals surface area contributed by atoms with Gasteiger partial charge < -0.3 is 29.5 Å². The minimum absolute atomic E-state index is 0.000846. The van der Waals surface area contributed by atoms with Crippen molar-refractivity contribution >= 4 is 17.4 Å². The van der Waals surface area contributed by atoms with Crippen molar-refractivity contribution in [2.75, 3.05) is 40.4 Å². The number of aliphatic hydroxyl groups is 1. The van der Waals surface area contributed by atoms with Gasteiger partial charge in [-0.1, -0.05) is 26.8 Å². The number of aromatic hydroxyl groups is 1. The minimum Gasteiger partial charge on any atom is -0.507 e. The summed E-state index contributed by atoms with van der Waals surface area (Å²) in [7, 11) is 3.76. The van der Waals surface area contributed by atoms with Crippen LogP contribution in [-0.4, -0.2) is 72.1 Å². The molecule has 2 aromatic rings. The Bertz CT molecular complexity index is 1200. The zero-order chi connectivity index (χ0) is 27.5. The molecule has 0 radical (unpaired) electrons. The van der Waals surface area contributed by atoms with Crippen LogP contribution in [-0.2, 0) is 15.0 Å². The summed E-state index contributed by atoms with van der Waals surface area (Å²) in [6.45, 7) is 11.5. The monoisotopic (exact) mass is 510 g/mol. The number of likely N-dealkylation sites (tertiary alicyclic amines) is 1. The van der Waals surface area contributed by atoms with Crippen LogP contribution < -0.4 is 9.47 Å². The number of benzene rings is 2. The molecule has 1 heterocycles. The molecule has 37 heavy (non-hydrogen) atoms. The summed E-state index contributed by atoms with van der Waals surface area (Å²) in [5, 5.41) is 21.8. The maximum atomic E-state index is 13.4. The first kappa shape index (κ1) is 28.1. The normalized spacial score (nSPS) is 17.5. The highest BCUT2D eigenvalue weighted by molar-refractivity contribution is 6.46. The Labute approximate surface area is 219 Å². The van der Waals surface area contributed by atoms with E-state index in [2.05, 4.69) is 0 Å². The molecule has 0 aromatic heterocycles. The molecule has 8 nitrogen and oxygen atoms in total. The highest BCUT2D eigenvalue weighted by atomic mass is 16.5. The van der Waals surface area contributed by atoms with Crippen LogP contribution in [0, 0.1) is 0 Å². The van der Waals surface area contributed by atoms with Crippen LogP contribution in [0.1, 0.15) is 57.4 Å². The Morgan fingerprint density at radius 3 is 2.24 bits per heavy atom. The molecular formula is C29H38N2O6. The summed E-state index contributed by atoms with van der Waals surface area (Å²) in [6, 6.07) is 9.18. The van der Waals surface area contributed by atoms with Gasteiger partial charge in [0, 0.05) is 24.2 Å². The molecule has 2 aromatic carbocycles. The number of aliphatic hydroxyl groups excluding tert-OH is 1. The molecule has 0 bridgehead atoms. The average Bonchev–Trinajstić information content (AvgIpc) is 3.08. The van der Waals surface area contributed by atoms with Gasteiger partial charge in [-0.15, -0.1) is 0 Å². The van der Waals surface area contributed by atoms with Crippen molar-refractivity contribution in [2.45, 2.75) is 46.1 Å². The van der Waals surface area contributed by atoms with Crippen LogP contribution in [0.5, 0.6) is 17.2 Å². The molecule has 1 unspecified atom stereocenters. The fourth-order valence-electron chi connectivity index (χ4n) is 4.44. The van der Waals surface area contributed by atoms with E-state index < -0.39 is 17.7 Å². The Morgan fingerprint density at radius 1 is 1.00 bits per heavy atom. The number of Topliss-reactive ketones (excluding diaryl/α,β-unsaturated/α-hetero) is 1. The van der Waals surface area contributed by atoms with Gasteiger partial charge in [0.25, 0.3) is 11.7 Å². The van der Waals surface area contributed by atoms with Crippen molar-refractivity contribution in [3.05, 3.63) is 58.7 Å². The highest BCUT2D eigenvalue weighted by Gasteiger charge is 2.46. The van der Waals surface area contributed by atoms with E-state index >= 15 is 0 Å². The molecule has 1 amide bonds. The number of likely N-dealkylation sites (N-methyl/N-ethyl adjacent to an activating group) is 1. The van der Waals surface area contributed by atoms with Crippen LogP contribution in [0.4, 0.5) is 0 Å². The predicted molar refractivity (Wildman–Crippen MR) is 143 cm³/mol. The molecule has 0 saturated carbocycles. The number of hydrogen-bond donors (Lipinski definition) is 2. The van der Waals surface area contributed by atoms with E-state index in [4.69, 9.17) is 9.47 Å². The lowest BCUT2D eigenvalue weighted by molar-refractivity contribution is -0.140. The molecule has 1 aliphatic rings. The number of phenols is 1. The van der Waals surface area contributed by atoms with Crippen molar-refractivity contribution < 1.29 is 29.3 Å². The third-order valence-corrected chi connectivity index (χ3v) is 6.29. The zero-order valence-corrected chi connectivity index (χ0v) is 22.8. The SMILES string of the molecule is CCOc1cc(C2/C(=C(\O)c3ccc(OCC)c(C(C)(C)C)c3)C(=O)C(=O)N2CCN(C)C)ccc1O. The summed E-state index contributed by atoms with van der Waals surface area (Å²) in [5.74, 6) is -0.781. The Hall–Kier alpha value is -3.52. The number of phenolic OH excluding ortho intramolecular Hbond substituents is 1. The zero-order valence-electron chi connectivity index (χ0n) is 22.8. The van der Waals surface area contributed by atoms with Gasteiger partial charge >= 0.3 is 0 Å². The van der Waals surface area contributed by atoms with E-state index in [0.717, 1.165) is 5.56 Å². The van der Waals surface area contributed by atoms with Crippen LogP contribution in [0.3, 0.4) is 0 Å². The fourth-order valence-corrected chi connectivity index (χ4v) is 4.44. The first-order chi connectivity index (χ1) is 17.4. The van der Waals surface area contributed by atoms with E-state index in [-0.39, 0.29) is 34.8 Å². The van der Waals surface area contributed by atoms with E-state index in [1.165, 1.54) is 11.0 Å². The predicted octanol–water partition coefficient (Wildman–Crippen LogP) is 4.47. The molecular weight excluding hydrogens is 472 g/mol. The molecule has 1 fully saturated rings. The number of ether oxygens (including phenoxy) is 2. The van der Waals surface area contributed by atoms with Gasteiger partial charge in [0.15, 0.2) is 11.5 Å². The third-order valence-electron chi connectivity index (χ3n) is 6.29. The number of rotatable bonds is 9. The number of ketones is 1. The van der Waals surface area contributed by atoms with Crippen molar-refractivity contribution in [1.82, 2.24) is 9.80 Å². The van der Waals surface area contributed by atoms with Gasteiger partial charge in [-0.2, -0.15) is 0 Å². The maximum absolute atomic E-state index is 13.4. The highest BCUT2D eigenvalue weighted by Crippen LogP contribution is 2.42. The van der Waals surface area contributed by atoms with Gasteiger partial charge in [-0.25, -0.2) is 0 Å². The van der Waals surface area contributed by atoms with Crippen LogP contribution >= 0.6 is 0 Å². The van der Waals surface area contributed by atoms with E-state index in [1.807, 2.05) is 52.8 Å². The number of hydrogen-bond acceptors (Lipinski definition) is 7. The van der Waals surface area contributed by atoms with E-state index in [1.54, 1.807) is 31.2 Å². The molecule has 8 heteroatoms. The Balaban J connectivity index is 2.23. The molecule has 0 aliphatic carbocycles. The van der Waals surface area contributed by atoms with Crippen molar-refractivity contribution in [3.63, 3.8) is 0 Å². The van der Waals surface area contributed by atoms with Gasteiger partial charge in [0.05, 0.1) is 24.8 Å². The van der Waals surface area contributed by atoms with Gasteiger partial charge in [0.1, 0.15) is 11.5 Å². The molecule has 1 saturated heterocycles. The minimum atomic E-state index is -0.843. The van der Waals surface area contributed by atoms with Crippen LogP contribution in [0.25, 0.3) is 5.76 Å². The molecule has 3 rings (SSSR count).